The normalized spacial score (nSPS) is 12.8. The van der Waals surface area contributed by atoms with Gasteiger partial charge in [0.25, 0.3) is 0 Å². The summed E-state index contributed by atoms with van der Waals surface area (Å²) in [7, 11) is 0. The average molecular weight is 485 g/mol. The van der Waals surface area contributed by atoms with Crippen molar-refractivity contribution in [3.05, 3.63) is 59.2 Å². The van der Waals surface area contributed by atoms with Crippen molar-refractivity contribution in [2.45, 2.75) is 65.5 Å². The maximum absolute atomic E-state index is 11.5. The molecule has 8 nitrogen and oxygen atoms in total. The molecule has 2 heterocycles. The number of hydrogen-bond donors (Lipinski definition) is 1. The Labute approximate surface area is 226 Å². The van der Waals surface area contributed by atoms with Gasteiger partial charge in [0.2, 0.25) is 0 Å². The summed E-state index contributed by atoms with van der Waals surface area (Å²) in [6.45, 7) is 5.92. The summed E-state index contributed by atoms with van der Waals surface area (Å²) in [5.74, 6) is 0.499. The zero-order valence-corrected chi connectivity index (χ0v) is 22.7. The van der Waals surface area contributed by atoms with Gasteiger partial charge >= 0.3 is 35.5 Å². The largest absolute Gasteiger partial charge is 1.00 e. The Bertz CT molecular complexity index is 1370. The molecule has 178 valence electrons. The van der Waals surface area contributed by atoms with E-state index in [1.165, 1.54) is 5.56 Å². The van der Waals surface area contributed by atoms with Gasteiger partial charge in [0, 0.05) is 24.9 Å². The van der Waals surface area contributed by atoms with E-state index in [4.69, 9.17) is 19.9 Å². The summed E-state index contributed by atoms with van der Waals surface area (Å²) in [5, 5.41) is 18.3. The third-order valence-corrected chi connectivity index (χ3v) is 5.95. The van der Waals surface area contributed by atoms with Crippen LogP contribution in [-0.4, -0.2) is 36.1 Å². The quantitative estimate of drug-likeness (QED) is 0.381. The monoisotopic (exact) mass is 484 g/mol. The third kappa shape index (κ3) is 6.12. The second-order valence-corrected chi connectivity index (χ2v) is 8.85. The molecule has 0 radical (unpaired) electrons. The van der Waals surface area contributed by atoms with Gasteiger partial charge in [-0.2, -0.15) is 0 Å². The van der Waals surface area contributed by atoms with Crippen molar-refractivity contribution in [3.63, 3.8) is 0 Å². The molecule has 1 aliphatic rings. The molecule has 2 aromatic heterocycles. The van der Waals surface area contributed by atoms with E-state index in [-0.39, 0.29) is 36.1 Å². The Kier molecular flexibility index (Phi) is 8.74. The van der Waals surface area contributed by atoms with E-state index in [9.17, 15) is 9.90 Å². The van der Waals surface area contributed by atoms with Crippen LogP contribution in [0.25, 0.3) is 22.1 Å². The molecule has 1 fully saturated rings. The number of benzene rings is 2. The fourth-order valence-electron chi connectivity index (χ4n) is 4.35. The second-order valence-electron chi connectivity index (χ2n) is 8.85. The van der Waals surface area contributed by atoms with Crippen LogP contribution in [0.4, 0.5) is 0 Å². The summed E-state index contributed by atoms with van der Waals surface area (Å²) in [4.78, 5) is 30.0. The van der Waals surface area contributed by atoms with E-state index in [0.717, 1.165) is 71.9 Å². The minimum atomic E-state index is -1.08. The van der Waals surface area contributed by atoms with Crippen molar-refractivity contribution >= 4 is 34.0 Å². The van der Waals surface area contributed by atoms with Crippen LogP contribution < -0.4 is 34.7 Å². The van der Waals surface area contributed by atoms with Crippen LogP contribution in [0, 0.1) is 6.92 Å². The number of carboxylic acid groups (broad SMARTS) is 2. The third-order valence-electron chi connectivity index (χ3n) is 5.95. The molecule has 0 spiro atoms. The van der Waals surface area contributed by atoms with Gasteiger partial charge in [-0.25, -0.2) is 9.97 Å². The van der Waals surface area contributed by atoms with Gasteiger partial charge in [-0.15, -0.1) is 0 Å². The zero-order valence-electron chi connectivity index (χ0n) is 20.7. The number of rotatable bonds is 7. The first-order chi connectivity index (χ1) is 16.3. The first-order valence-electron chi connectivity index (χ1n) is 11.6. The van der Waals surface area contributed by atoms with Crippen molar-refractivity contribution < 1.29 is 49.4 Å². The van der Waals surface area contributed by atoms with Crippen LogP contribution in [0.3, 0.4) is 0 Å². The number of aryl methyl sites for hydroxylation is 2. The Morgan fingerprint density at radius 2 is 1.83 bits per heavy atom. The van der Waals surface area contributed by atoms with Gasteiger partial charge in [0.05, 0.1) is 22.1 Å². The number of carbonyl (C=O) groups is 2. The van der Waals surface area contributed by atoms with Crippen molar-refractivity contribution in [3.8, 4) is 0 Å². The fourth-order valence-corrected chi connectivity index (χ4v) is 4.35. The SMILES string of the molecule is CC(=O)[O-].CCCc1nc2c(C)cccc2n1Cc1ccc2nc(C3CC3)n(CC(=O)O)c2c1.[Na+]. The molecule has 0 amide bonds. The predicted octanol–water partition coefficient (Wildman–Crippen LogP) is 0.417. The Morgan fingerprint density at radius 1 is 1.11 bits per heavy atom. The van der Waals surface area contributed by atoms with Crippen LogP contribution in [-0.2, 0) is 29.1 Å². The number of carbonyl (C=O) groups excluding carboxylic acids is 1. The van der Waals surface area contributed by atoms with E-state index < -0.39 is 11.9 Å². The predicted molar refractivity (Wildman–Crippen MR) is 128 cm³/mol. The first-order valence-corrected chi connectivity index (χ1v) is 11.6. The fraction of sp³-hybridized carbons (Fsp3) is 0.385. The number of nitrogens with zero attached hydrogens (tertiary/aromatic N) is 4. The molecular formula is C26H29N4NaO4. The van der Waals surface area contributed by atoms with Crippen LogP contribution in [0.1, 0.15) is 61.8 Å². The molecular weight excluding hydrogens is 455 g/mol. The molecule has 1 saturated carbocycles. The van der Waals surface area contributed by atoms with Crippen LogP contribution in [0.5, 0.6) is 0 Å². The molecule has 0 saturated heterocycles. The van der Waals surface area contributed by atoms with E-state index >= 15 is 0 Å². The second kappa shape index (κ2) is 11.4. The molecule has 1 aliphatic carbocycles. The topological polar surface area (TPSA) is 113 Å². The molecule has 35 heavy (non-hydrogen) atoms. The Morgan fingerprint density at radius 3 is 2.46 bits per heavy atom. The van der Waals surface area contributed by atoms with E-state index in [2.05, 4.69) is 48.7 Å². The number of para-hydroxylation sites is 1. The molecule has 5 rings (SSSR count). The first kappa shape index (κ1) is 26.9. The Hall–Kier alpha value is -2.68. The average Bonchev–Trinajstić information content (AvgIpc) is 3.48. The number of aliphatic carboxylic acids is 2. The minimum Gasteiger partial charge on any atom is -0.550 e. The smallest absolute Gasteiger partial charge is 0.550 e. The van der Waals surface area contributed by atoms with Crippen molar-refractivity contribution in [1.82, 2.24) is 19.1 Å². The van der Waals surface area contributed by atoms with Gasteiger partial charge in [-0.1, -0.05) is 25.1 Å². The van der Waals surface area contributed by atoms with Gasteiger partial charge in [-0.05, 0) is 62.4 Å². The molecule has 9 heteroatoms. The van der Waals surface area contributed by atoms with Crippen LogP contribution in [0.2, 0.25) is 0 Å². The van der Waals surface area contributed by atoms with Gasteiger partial charge in [0.15, 0.2) is 0 Å². The summed E-state index contributed by atoms with van der Waals surface area (Å²) < 4.78 is 4.19. The summed E-state index contributed by atoms with van der Waals surface area (Å²) in [6, 6.07) is 12.6. The molecule has 2 aromatic carbocycles. The van der Waals surface area contributed by atoms with Crippen molar-refractivity contribution in [2.75, 3.05) is 0 Å². The van der Waals surface area contributed by atoms with Gasteiger partial charge in [0.1, 0.15) is 18.2 Å². The summed E-state index contributed by atoms with van der Waals surface area (Å²) >= 11 is 0. The number of imidazole rings is 2. The zero-order chi connectivity index (χ0) is 24.4. The van der Waals surface area contributed by atoms with Crippen molar-refractivity contribution in [1.29, 1.82) is 0 Å². The molecule has 0 bridgehead atoms. The van der Waals surface area contributed by atoms with Crippen molar-refractivity contribution in [2.24, 2.45) is 0 Å². The minimum absolute atomic E-state index is 0. The maximum Gasteiger partial charge on any atom is 1.00 e. The molecule has 1 N–H and O–H groups in total. The molecule has 0 atom stereocenters. The summed E-state index contributed by atoms with van der Waals surface area (Å²) in [6.07, 6.45) is 4.16. The Balaban J connectivity index is 0.000000638. The van der Waals surface area contributed by atoms with Crippen LogP contribution in [0.15, 0.2) is 36.4 Å². The van der Waals surface area contributed by atoms with Crippen LogP contribution >= 0.6 is 0 Å². The molecule has 4 aromatic rings. The summed E-state index contributed by atoms with van der Waals surface area (Å²) in [5.41, 5.74) is 6.32. The number of fused-ring (bicyclic) bond motifs is 2. The number of hydrogen-bond acceptors (Lipinski definition) is 5. The number of carboxylic acids is 2. The van der Waals surface area contributed by atoms with E-state index in [0.29, 0.717) is 12.5 Å². The number of aromatic nitrogens is 4. The van der Waals surface area contributed by atoms with E-state index in [1.807, 2.05) is 10.6 Å². The standard InChI is InChI=1S/C24H26N4O2.C2H4O2.Na/c1-3-5-21-26-23-15(2)6-4-7-19(23)27(21)13-16-8-11-18-20(12-16)28(14-22(29)30)24(25-18)17-9-10-17;1-2(3)4;/h4,6-8,11-12,17H,3,5,9-10,13-14H2,1-2H3,(H,29,30);1H3,(H,3,4);/q;;+1/p-1. The van der Waals surface area contributed by atoms with E-state index in [1.54, 1.807) is 0 Å². The van der Waals surface area contributed by atoms with Gasteiger partial charge in [-0.3, -0.25) is 4.79 Å². The van der Waals surface area contributed by atoms with Gasteiger partial charge < -0.3 is 24.1 Å². The molecule has 0 unspecified atom stereocenters. The molecule has 0 aliphatic heterocycles. The maximum atomic E-state index is 11.5.